The van der Waals surface area contributed by atoms with Crippen LogP contribution in [0.15, 0.2) is 0 Å². The van der Waals surface area contributed by atoms with Crippen molar-refractivity contribution in [3.8, 4) is 0 Å². The van der Waals surface area contributed by atoms with Gasteiger partial charge in [0.05, 0.1) is 11.5 Å². The summed E-state index contributed by atoms with van der Waals surface area (Å²) in [5.41, 5.74) is 0. The van der Waals surface area contributed by atoms with Gasteiger partial charge in [-0.15, -0.1) is 0 Å². The Balaban J connectivity index is 1.77. The van der Waals surface area contributed by atoms with Crippen molar-refractivity contribution >= 4 is 15.8 Å². The highest BCUT2D eigenvalue weighted by Crippen LogP contribution is 2.27. The molecule has 2 fully saturated rings. The fourth-order valence-electron chi connectivity index (χ4n) is 3.00. The molecule has 5 nitrogen and oxygen atoms in total. The van der Waals surface area contributed by atoms with E-state index in [4.69, 9.17) is 5.11 Å². The summed E-state index contributed by atoms with van der Waals surface area (Å²) in [5.74, 6) is 0.374. The van der Waals surface area contributed by atoms with Crippen LogP contribution in [0.1, 0.15) is 32.1 Å². The summed E-state index contributed by atoms with van der Waals surface area (Å²) >= 11 is 0. The molecule has 2 rings (SSSR count). The predicted molar refractivity (Wildman–Crippen MR) is 68.2 cm³/mol. The van der Waals surface area contributed by atoms with Crippen LogP contribution in [0, 0.1) is 5.92 Å². The van der Waals surface area contributed by atoms with E-state index in [0.717, 1.165) is 38.8 Å². The minimum atomic E-state index is -2.78. The molecule has 1 N–H and O–H groups in total. The lowest BCUT2D eigenvalue weighted by Crippen LogP contribution is -2.40. The van der Waals surface area contributed by atoms with Gasteiger partial charge in [0.2, 0.25) is 0 Å². The molecule has 0 saturated carbocycles. The largest absolute Gasteiger partial charge is 0.481 e. The van der Waals surface area contributed by atoms with Gasteiger partial charge >= 0.3 is 5.97 Å². The summed E-state index contributed by atoms with van der Waals surface area (Å²) in [6.07, 6.45) is 3.53. The van der Waals surface area contributed by atoms with Gasteiger partial charge < -0.3 is 10.0 Å². The number of carboxylic acid groups (broad SMARTS) is 1. The monoisotopic (exact) mass is 275 g/mol. The Morgan fingerprint density at radius 1 is 1.22 bits per heavy atom. The van der Waals surface area contributed by atoms with Crippen molar-refractivity contribution in [3.63, 3.8) is 0 Å². The Hall–Kier alpha value is -0.620. The molecule has 0 aliphatic carbocycles. The van der Waals surface area contributed by atoms with Crippen molar-refractivity contribution in [1.82, 2.24) is 4.90 Å². The molecule has 2 saturated heterocycles. The molecule has 0 bridgehead atoms. The summed E-state index contributed by atoms with van der Waals surface area (Å²) in [6, 6.07) is 0.392. The molecule has 18 heavy (non-hydrogen) atoms. The van der Waals surface area contributed by atoms with Crippen molar-refractivity contribution in [2.75, 3.05) is 24.6 Å². The van der Waals surface area contributed by atoms with E-state index < -0.39 is 15.8 Å². The first-order chi connectivity index (χ1) is 8.46. The summed E-state index contributed by atoms with van der Waals surface area (Å²) in [4.78, 5) is 12.9. The molecule has 2 heterocycles. The Morgan fingerprint density at radius 3 is 2.50 bits per heavy atom. The van der Waals surface area contributed by atoms with E-state index in [9.17, 15) is 13.2 Å². The van der Waals surface area contributed by atoms with E-state index in [-0.39, 0.29) is 6.42 Å². The van der Waals surface area contributed by atoms with Crippen LogP contribution in [-0.4, -0.2) is 55.0 Å². The van der Waals surface area contributed by atoms with E-state index in [0.29, 0.717) is 23.5 Å². The first-order valence-electron chi connectivity index (χ1n) is 6.62. The molecule has 1 unspecified atom stereocenters. The van der Waals surface area contributed by atoms with Crippen LogP contribution < -0.4 is 0 Å². The second-order valence-electron chi connectivity index (χ2n) is 5.47. The summed E-state index contributed by atoms with van der Waals surface area (Å²) in [6.45, 7) is 1.94. The molecular formula is C12H21NO4S. The number of aliphatic carboxylic acids is 1. The van der Waals surface area contributed by atoms with E-state index in [1.807, 2.05) is 0 Å². The lowest BCUT2D eigenvalue weighted by Gasteiger charge is -2.30. The molecule has 0 spiro atoms. The number of nitrogens with zero attached hydrogens (tertiary/aromatic N) is 1. The molecular weight excluding hydrogens is 254 g/mol. The first kappa shape index (κ1) is 13.8. The molecule has 0 aromatic heterocycles. The van der Waals surface area contributed by atoms with Gasteiger partial charge in [-0.1, -0.05) is 0 Å². The minimum Gasteiger partial charge on any atom is -0.481 e. The molecule has 6 heteroatoms. The molecule has 2 aliphatic rings. The Kier molecular flexibility index (Phi) is 4.27. The number of rotatable bonds is 4. The van der Waals surface area contributed by atoms with Crippen LogP contribution in [0.3, 0.4) is 0 Å². The van der Waals surface area contributed by atoms with Gasteiger partial charge in [-0.25, -0.2) is 8.42 Å². The Bertz CT molecular complexity index is 392. The lowest BCUT2D eigenvalue weighted by atomic mass is 10.0. The number of likely N-dealkylation sites (tertiary alicyclic amines) is 1. The summed E-state index contributed by atoms with van der Waals surface area (Å²) < 4.78 is 22.7. The van der Waals surface area contributed by atoms with Crippen LogP contribution in [0.5, 0.6) is 0 Å². The highest BCUT2D eigenvalue weighted by atomic mass is 32.2. The molecule has 0 aromatic carbocycles. The zero-order chi connectivity index (χ0) is 13.2. The van der Waals surface area contributed by atoms with E-state index in [2.05, 4.69) is 4.90 Å². The topological polar surface area (TPSA) is 74.7 Å². The fraction of sp³-hybridized carbons (Fsp3) is 0.917. The third-order valence-corrected chi connectivity index (χ3v) is 5.84. The van der Waals surface area contributed by atoms with Crippen LogP contribution >= 0.6 is 0 Å². The second-order valence-corrected chi connectivity index (χ2v) is 7.77. The Labute approximate surface area is 108 Å². The second kappa shape index (κ2) is 5.57. The first-order valence-corrected chi connectivity index (χ1v) is 8.45. The number of carbonyl (C=O) groups is 1. The average Bonchev–Trinajstić information content (AvgIpc) is 2.75. The standard InChI is InChI=1S/C12H21NO4S/c14-12(15)2-1-10-3-6-13(9-10)11-4-7-18(16,17)8-5-11/h10-11H,1-9H2,(H,14,15). The minimum absolute atomic E-state index is 0.248. The van der Waals surface area contributed by atoms with Crippen LogP contribution in [-0.2, 0) is 14.6 Å². The maximum atomic E-state index is 11.4. The summed E-state index contributed by atoms with van der Waals surface area (Å²) in [7, 11) is -2.78. The number of hydrogen-bond donors (Lipinski definition) is 1. The normalized spacial score (nSPS) is 29.4. The van der Waals surface area contributed by atoms with Gasteiger partial charge in [0, 0.05) is 19.0 Å². The number of hydrogen-bond acceptors (Lipinski definition) is 4. The van der Waals surface area contributed by atoms with Crippen molar-refractivity contribution in [2.45, 2.75) is 38.1 Å². The maximum absolute atomic E-state index is 11.4. The van der Waals surface area contributed by atoms with Gasteiger partial charge in [-0.05, 0) is 38.1 Å². The quantitative estimate of drug-likeness (QED) is 0.819. The van der Waals surface area contributed by atoms with E-state index >= 15 is 0 Å². The third-order valence-electron chi connectivity index (χ3n) is 4.12. The highest BCUT2D eigenvalue weighted by molar-refractivity contribution is 7.91. The number of carboxylic acids is 1. The van der Waals surface area contributed by atoms with Gasteiger partial charge in [0.25, 0.3) is 0 Å². The van der Waals surface area contributed by atoms with Crippen LogP contribution in [0.2, 0.25) is 0 Å². The summed E-state index contributed by atoms with van der Waals surface area (Å²) in [5, 5.41) is 8.67. The Morgan fingerprint density at radius 2 is 1.89 bits per heavy atom. The molecule has 0 aromatic rings. The van der Waals surface area contributed by atoms with Gasteiger partial charge in [0.1, 0.15) is 9.84 Å². The molecule has 104 valence electrons. The van der Waals surface area contributed by atoms with Gasteiger partial charge in [-0.3, -0.25) is 4.79 Å². The van der Waals surface area contributed by atoms with Crippen molar-refractivity contribution < 1.29 is 18.3 Å². The maximum Gasteiger partial charge on any atom is 0.303 e. The van der Waals surface area contributed by atoms with Crippen molar-refractivity contribution in [3.05, 3.63) is 0 Å². The van der Waals surface area contributed by atoms with Crippen LogP contribution in [0.25, 0.3) is 0 Å². The SMILES string of the molecule is O=C(O)CCC1CCN(C2CCS(=O)(=O)CC2)C1. The van der Waals surface area contributed by atoms with Crippen molar-refractivity contribution in [2.24, 2.45) is 5.92 Å². The molecule has 0 radical (unpaired) electrons. The molecule has 2 aliphatic heterocycles. The predicted octanol–water partition coefficient (Wildman–Crippen LogP) is 0.750. The van der Waals surface area contributed by atoms with Gasteiger partial charge in [-0.2, -0.15) is 0 Å². The fourth-order valence-corrected chi connectivity index (χ4v) is 4.47. The average molecular weight is 275 g/mol. The van der Waals surface area contributed by atoms with E-state index in [1.165, 1.54) is 0 Å². The zero-order valence-electron chi connectivity index (χ0n) is 10.5. The van der Waals surface area contributed by atoms with Crippen LogP contribution in [0.4, 0.5) is 0 Å². The molecule has 1 atom stereocenters. The smallest absolute Gasteiger partial charge is 0.303 e. The third kappa shape index (κ3) is 3.68. The zero-order valence-corrected chi connectivity index (χ0v) is 11.4. The van der Waals surface area contributed by atoms with Crippen molar-refractivity contribution in [1.29, 1.82) is 0 Å². The molecule has 0 amide bonds. The number of sulfone groups is 1. The highest BCUT2D eigenvalue weighted by Gasteiger charge is 2.32. The van der Waals surface area contributed by atoms with E-state index in [1.54, 1.807) is 0 Å². The van der Waals surface area contributed by atoms with Gasteiger partial charge in [0.15, 0.2) is 0 Å². The lowest BCUT2D eigenvalue weighted by molar-refractivity contribution is -0.137.